The van der Waals surface area contributed by atoms with Crippen LogP contribution in [0.1, 0.15) is 33.1 Å². The number of hydrogen-bond donors (Lipinski definition) is 1. The van der Waals surface area contributed by atoms with Gasteiger partial charge < -0.3 is 9.64 Å². The van der Waals surface area contributed by atoms with Crippen LogP contribution in [0.3, 0.4) is 0 Å². The van der Waals surface area contributed by atoms with Gasteiger partial charge in [-0.3, -0.25) is 9.59 Å². The Morgan fingerprint density at radius 2 is 1.92 bits per heavy atom. The number of likely N-dealkylation sites (tertiary alicyclic amines) is 1. The summed E-state index contributed by atoms with van der Waals surface area (Å²) in [6, 6.07) is 5.72. The second kappa shape index (κ2) is 6.80. The van der Waals surface area contributed by atoms with E-state index >= 15 is 0 Å². The lowest BCUT2D eigenvalue weighted by Gasteiger charge is -2.48. The van der Waals surface area contributed by atoms with Crippen LogP contribution < -0.4 is 9.46 Å². The standard InChI is InChI=1S/C16H22N2O5S/c1-4-5-14(19)18-11-10-16(18,2)15(20)17-24(21,22)13-8-6-12(23-3)7-9-13/h6-9H,4-5,10-11H2,1-3H3,(H,17,20). The first-order chi connectivity index (χ1) is 11.2. The number of amides is 2. The minimum absolute atomic E-state index is 0.0361. The van der Waals surface area contributed by atoms with E-state index in [0.29, 0.717) is 31.6 Å². The Hall–Kier alpha value is -2.09. The van der Waals surface area contributed by atoms with Crippen LogP contribution in [-0.2, 0) is 19.6 Å². The summed E-state index contributed by atoms with van der Waals surface area (Å²) in [5.41, 5.74) is -1.12. The van der Waals surface area contributed by atoms with Crippen LogP contribution >= 0.6 is 0 Å². The van der Waals surface area contributed by atoms with Crippen LogP contribution in [0.4, 0.5) is 0 Å². The van der Waals surface area contributed by atoms with Crippen molar-refractivity contribution in [2.75, 3.05) is 13.7 Å². The molecule has 1 saturated heterocycles. The van der Waals surface area contributed by atoms with Crippen molar-refractivity contribution >= 4 is 21.8 Å². The summed E-state index contributed by atoms with van der Waals surface area (Å²) >= 11 is 0. The summed E-state index contributed by atoms with van der Waals surface area (Å²) in [7, 11) is -2.52. The summed E-state index contributed by atoms with van der Waals surface area (Å²) in [4.78, 5) is 25.9. The first kappa shape index (κ1) is 18.3. The number of carbonyl (C=O) groups excluding carboxylic acids is 2. The normalized spacial score (nSPS) is 20.2. The lowest BCUT2D eigenvalue weighted by atomic mass is 9.85. The first-order valence-electron chi connectivity index (χ1n) is 7.76. The highest BCUT2D eigenvalue weighted by Crippen LogP contribution is 2.32. The molecule has 1 atom stereocenters. The Morgan fingerprint density at radius 3 is 2.38 bits per heavy atom. The van der Waals surface area contributed by atoms with Crippen molar-refractivity contribution in [3.05, 3.63) is 24.3 Å². The van der Waals surface area contributed by atoms with Crippen LogP contribution in [0.5, 0.6) is 5.75 Å². The molecular weight excluding hydrogens is 332 g/mol. The fraction of sp³-hybridized carbons (Fsp3) is 0.500. The van der Waals surface area contributed by atoms with E-state index in [1.165, 1.54) is 36.3 Å². The van der Waals surface area contributed by atoms with Crippen molar-refractivity contribution < 1.29 is 22.7 Å². The van der Waals surface area contributed by atoms with Crippen molar-refractivity contribution in [2.45, 2.75) is 43.5 Å². The molecule has 8 heteroatoms. The van der Waals surface area contributed by atoms with Gasteiger partial charge in [-0.05, 0) is 44.0 Å². The Bertz CT molecular complexity index is 729. The molecule has 7 nitrogen and oxygen atoms in total. The molecule has 0 bridgehead atoms. The van der Waals surface area contributed by atoms with Gasteiger partial charge in [-0.25, -0.2) is 13.1 Å². The molecule has 1 heterocycles. The van der Waals surface area contributed by atoms with Crippen LogP contribution in [0.25, 0.3) is 0 Å². The van der Waals surface area contributed by atoms with Gasteiger partial charge in [0.1, 0.15) is 11.3 Å². The number of nitrogens with zero attached hydrogens (tertiary/aromatic N) is 1. The maximum atomic E-state index is 12.5. The molecule has 1 aliphatic heterocycles. The molecule has 0 aliphatic carbocycles. The molecule has 0 radical (unpaired) electrons. The third-order valence-electron chi connectivity index (χ3n) is 4.27. The van der Waals surface area contributed by atoms with Gasteiger partial charge in [-0.1, -0.05) is 6.92 Å². The summed E-state index contributed by atoms with van der Waals surface area (Å²) in [6.07, 6.45) is 1.46. The monoisotopic (exact) mass is 354 g/mol. The number of methoxy groups -OCH3 is 1. The SMILES string of the molecule is CCCC(=O)N1CCC1(C)C(=O)NS(=O)(=O)c1ccc(OC)cc1. The van der Waals surface area contributed by atoms with E-state index in [9.17, 15) is 18.0 Å². The quantitative estimate of drug-likeness (QED) is 0.831. The molecular formula is C16H22N2O5S. The van der Waals surface area contributed by atoms with Gasteiger partial charge in [0.25, 0.3) is 15.9 Å². The van der Waals surface area contributed by atoms with Gasteiger partial charge in [0.2, 0.25) is 5.91 Å². The third kappa shape index (κ3) is 3.38. The topological polar surface area (TPSA) is 92.8 Å². The molecule has 1 N–H and O–H groups in total. The van der Waals surface area contributed by atoms with Crippen LogP contribution in [0.15, 0.2) is 29.2 Å². The van der Waals surface area contributed by atoms with Crippen molar-refractivity contribution in [2.24, 2.45) is 0 Å². The highest BCUT2D eigenvalue weighted by molar-refractivity contribution is 7.90. The zero-order valence-electron chi connectivity index (χ0n) is 14.0. The predicted molar refractivity (Wildman–Crippen MR) is 88.0 cm³/mol. The summed E-state index contributed by atoms with van der Waals surface area (Å²) in [5, 5.41) is 0. The van der Waals surface area contributed by atoms with Gasteiger partial charge in [-0.2, -0.15) is 0 Å². The van der Waals surface area contributed by atoms with Gasteiger partial charge in [0, 0.05) is 13.0 Å². The number of benzene rings is 1. The minimum atomic E-state index is -4.00. The zero-order chi connectivity index (χ0) is 18.0. The summed E-state index contributed by atoms with van der Waals surface area (Å²) < 4.78 is 31.8. The lowest BCUT2D eigenvalue weighted by molar-refractivity contribution is -0.156. The fourth-order valence-corrected chi connectivity index (χ4v) is 3.67. The molecule has 1 aliphatic rings. The zero-order valence-corrected chi connectivity index (χ0v) is 14.9. The van der Waals surface area contributed by atoms with Gasteiger partial charge in [0.05, 0.1) is 12.0 Å². The Kier molecular flexibility index (Phi) is 5.17. The van der Waals surface area contributed by atoms with E-state index in [1.807, 2.05) is 6.92 Å². The van der Waals surface area contributed by atoms with E-state index in [-0.39, 0.29) is 10.8 Å². The molecule has 1 aromatic rings. The largest absolute Gasteiger partial charge is 0.497 e. The molecule has 1 fully saturated rings. The van der Waals surface area contributed by atoms with Crippen LogP contribution in [0, 0.1) is 0 Å². The number of sulfonamides is 1. The Labute approximate surface area is 142 Å². The van der Waals surface area contributed by atoms with E-state index in [2.05, 4.69) is 4.72 Å². The van der Waals surface area contributed by atoms with Crippen molar-refractivity contribution in [1.82, 2.24) is 9.62 Å². The first-order valence-corrected chi connectivity index (χ1v) is 9.24. The number of ether oxygens (including phenoxy) is 1. The van der Waals surface area contributed by atoms with Gasteiger partial charge in [-0.15, -0.1) is 0 Å². The second-order valence-electron chi connectivity index (χ2n) is 5.93. The van der Waals surface area contributed by atoms with Crippen molar-refractivity contribution in [3.63, 3.8) is 0 Å². The summed E-state index contributed by atoms with van der Waals surface area (Å²) in [5.74, 6) is -0.306. The third-order valence-corrected chi connectivity index (χ3v) is 5.62. The number of rotatable bonds is 6. The number of nitrogens with one attached hydrogen (secondary N) is 1. The Morgan fingerprint density at radius 1 is 1.29 bits per heavy atom. The average Bonchev–Trinajstić information content (AvgIpc) is 2.52. The lowest BCUT2D eigenvalue weighted by Crippen LogP contribution is -2.67. The molecule has 132 valence electrons. The van der Waals surface area contributed by atoms with E-state index in [1.54, 1.807) is 6.92 Å². The minimum Gasteiger partial charge on any atom is -0.497 e. The average molecular weight is 354 g/mol. The maximum absolute atomic E-state index is 12.5. The molecule has 24 heavy (non-hydrogen) atoms. The highest BCUT2D eigenvalue weighted by Gasteiger charge is 2.50. The van der Waals surface area contributed by atoms with Gasteiger partial charge >= 0.3 is 0 Å². The molecule has 0 saturated carbocycles. The molecule has 0 aromatic heterocycles. The maximum Gasteiger partial charge on any atom is 0.264 e. The molecule has 1 unspecified atom stereocenters. The molecule has 0 spiro atoms. The van der Waals surface area contributed by atoms with E-state index < -0.39 is 21.5 Å². The van der Waals surface area contributed by atoms with Crippen molar-refractivity contribution in [1.29, 1.82) is 0 Å². The Balaban J connectivity index is 2.14. The van der Waals surface area contributed by atoms with E-state index in [0.717, 1.165) is 0 Å². The highest BCUT2D eigenvalue weighted by atomic mass is 32.2. The van der Waals surface area contributed by atoms with Gasteiger partial charge in [0.15, 0.2) is 0 Å². The molecule has 2 amide bonds. The molecule has 1 aromatic carbocycles. The van der Waals surface area contributed by atoms with Crippen LogP contribution in [-0.4, -0.2) is 44.3 Å². The van der Waals surface area contributed by atoms with Crippen molar-refractivity contribution in [3.8, 4) is 5.75 Å². The number of hydrogen-bond acceptors (Lipinski definition) is 5. The predicted octanol–water partition coefficient (Wildman–Crippen LogP) is 1.29. The smallest absolute Gasteiger partial charge is 0.264 e. The van der Waals surface area contributed by atoms with Crippen LogP contribution in [0.2, 0.25) is 0 Å². The second-order valence-corrected chi connectivity index (χ2v) is 7.61. The molecule has 2 rings (SSSR count). The summed E-state index contributed by atoms with van der Waals surface area (Å²) in [6.45, 7) is 3.93. The fourth-order valence-electron chi connectivity index (χ4n) is 2.59. The number of carbonyl (C=O) groups is 2. The van der Waals surface area contributed by atoms with E-state index in [4.69, 9.17) is 4.74 Å².